The fraction of sp³-hybridized carbons (Fsp3) is 0.0714. The van der Waals surface area contributed by atoms with Gasteiger partial charge in [0.25, 0.3) is 0 Å². The van der Waals surface area contributed by atoms with Crippen molar-refractivity contribution in [2.45, 2.75) is 0 Å². The molecule has 0 aliphatic rings. The number of ether oxygens (including phenoxy) is 1. The first kappa shape index (κ1) is 13.2. The van der Waals surface area contributed by atoms with Gasteiger partial charge in [-0.3, -0.25) is 4.57 Å². The molecule has 0 bridgehead atoms. The molecule has 7 heteroatoms. The van der Waals surface area contributed by atoms with Gasteiger partial charge in [0.15, 0.2) is 5.65 Å². The Morgan fingerprint density at radius 2 is 2.19 bits per heavy atom. The van der Waals surface area contributed by atoms with E-state index in [0.717, 1.165) is 0 Å². The van der Waals surface area contributed by atoms with Gasteiger partial charge >= 0.3 is 0 Å². The van der Waals surface area contributed by atoms with Gasteiger partial charge in [0.1, 0.15) is 11.3 Å². The summed E-state index contributed by atoms with van der Waals surface area (Å²) in [7, 11) is 1.53. The molecular formula is C14H10ClN5O. The van der Waals surface area contributed by atoms with E-state index >= 15 is 0 Å². The van der Waals surface area contributed by atoms with Crippen molar-refractivity contribution in [2.75, 3.05) is 12.8 Å². The van der Waals surface area contributed by atoms with E-state index in [9.17, 15) is 0 Å². The topological polar surface area (TPSA) is 89.8 Å². The molecular weight excluding hydrogens is 290 g/mol. The fourth-order valence-corrected chi connectivity index (χ4v) is 2.28. The van der Waals surface area contributed by atoms with Crippen LogP contribution >= 0.6 is 11.6 Å². The highest BCUT2D eigenvalue weighted by Gasteiger charge is 2.15. The largest absolute Gasteiger partial charge is 0.495 e. The Labute approximate surface area is 125 Å². The highest BCUT2D eigenvalue weighted by molar-refractivity contribution is 6.31. The average Bonchev–Trinajstić information content (AvgIpc) is 2.81. The lowest BCUT2D eigenvalue weighted by molar-refractivity contribution is 0.413. The zero-order valence-electron chi connectivity index (χ0n) is 11.0. The van der Waals surface area contributed by atoms with Crippen molar-refractivity contribution in [1.82, 2.24) is 14.5 Å². The van der Waals surface area contributed by atoms with E-state index in [1.165, 1.54) is 13.3 Å². The summed E-state index contributed by atoms with van der Waals surface area (Å²) in [5.41, 5.74) is 8.29. The number of nitrogens with two attached hydrogens (primary N) is 1. The van der Waals surface area contributed by atoms with Gasteiger partial charge in [0.2, 0.25) is 5.95 Å². The van der Waals surface area contributed by atoms with E-state index in [1.807, 2.05) is 0 Å². The number of hydrogen-bond donors (Lipinski definition) is 1. The number of fused-ring (bicyclic) bond motifs is 1. The molecule has 0 aliphatic heterocycles. The second-order valence-corrected chi connectivity index (χ2v) is 4.74. The van der Waals surface area contributed by atoms with Gasteiger partial charge in [-0.05, 0) is 18.2 Å². The molecule has 0 spiro atoms. The maximum Gasteiger partial charge on any atom is 0.207 e. The lowest BCUT2D eigenvalue weighted by Crippen LogP contribution is -2.03. The van der Waals surface area contributed by atoms with Gasteiger partial charge in [-0.15, -0.1) is 0 Å². The van der Waals surface area contributed by atoms with Crippen LogP contribution in [0.4, 0.5) is 5.95 Å². The van der Waals surface area contributed by atoms with E-state index in [1.54, 1.807) is 28.8 Å². The Kier molecular flexibility index (Phi) is 3.12. The molecule has 2 N–H and O–H groups in total. The number of hydrogen-bond acceptors (Lipinski definition) is 5. The van der Waals surface area contributed by atoms with Gasteiger partial charge in [-0.1, -0.05) is 11.6 Å². The first-order valence-corrected chi connectivity index (χ1v) is 6.40. The van der Waals surface area contributed by atoms with Crippen LogP contribution in [0.3, 0.4) is 0 Å². The number of nitrogen functional groups attached to an aromatic ring is 1. The van der Waals surface area contributed by atoms with Crippen molar-refractivity contribution in [3.8, 4) is 17.5 Å². The zero-order chi connectivity index (χ0) is 15.0. The summed E-state index contributed by atoms with van der Waals surface area (Å²) in [6.07, 6.45) is 1.53. The number of methoxy groups -OCH3 is 1. The van der Waals surface area contributed by atoms with Gasteiger partial charge in [0.05, 0.1) is 29.5 Å². The molecule has 6 nitrogen and oxygen atoms in total. The van der Waals surface area contributed by atoms with E-state index in [-0.39, 0.29) is 5.95 Å². The minimum atomic E-state index is 0.266. The predicted molar refractivity (Wildman–Crippen MR) is 79.6 cm³/mol. The monoisotopic (exact) mass is 299 g/mol. The van der Waals surface area contributed by atoms with Gasteiger partial charge in [0, 0.05) is 12.3 Å². The summed E-state index contributed by atoms with van der Waals surface area (Å²) in [6, 6.07) is 8.81. The number of anilines is 1. The molecule has 2 aromatic heterocycles. The van der Waals surface area contributed by atoms with Crippen LogP contribution in [0.15, 0.2) is 30.5 Å². The SMILES string of the molecule is COc1cc(C#N)ccc1-n1c(N)nc2cc(Cl)cnc21. The third-order valence-corrected chi connectivity index (χ3v) is 3.25. The van der Waals surface area contributed by atoms with Crippen LogP contribution in [-0.4, -0.2) is 21.6 Å². The number of halogens is 1. The smallest absolute Gasteiger partial charge is 0.207 e. The van der Waals surface area contributed by atoms with Gasteiger partial charge < -0.3 is 10.5 Å². The quantitative estimate of drug-likeness (QED) is 0.785. The molecule has 1 aromatic carbocycles. The second kappa shape index (κ2) is 4.96. The predicted octanol–water partition coefficient (Wildman–Crippen LogP) is 2.54. The molecule has 0 radical (unpaired) electrons. The lowest BCUT2D eigenvalue weighted by atomic mass is 10.2. The van der Waals surface area contributed by atoms with Crippen molar-refractivity contribution in [3.05, 3.63) is 41.0 Å². The maximum absolute atomic E-state index is 8.96. The summed E-state index contributed by atoms with van der Waals surface area (Å²) >= 11 is 5.91. The molecule has 0 saturated heterocycles. The van der Waals surface area contributed by atoms with Crippen molar-refractivity contribution < 1.29 is 4.74 Å². The van der Waals surface area contributed by atoms with E-state index < -0.39 is 0 Å². The van der Waals surface area contributed by atoms with Crippen LogP contribution in [0, 0.1) is 11.3 Å². The maximum atomic E-state index is 8.96. The number of benzene rings is 1. The minimum absolute atomic E-state index is 0.266. The van der Waals surface area contributed by atoms with Crippen molar-refractivity contribution in [3.63, 3.8) is 0 Å². The van der Waals surface area contributed by atoms with Crippen LogP contribution in [0.2, 0.25) is 5.02 Å². The summed E-state index contributed by atoms with van der Waals surface area (Å²) in [6.45, 7) is 0. The second-order valence-electron chi connectivity index (χ2n) is 4.30. The Hall–Kier alpha value is -2.78. The van der Waals surface area contributed by atoms with Crippen LogP contribution in [0.5, 0.6) is 5.75 Å². The van der Waals surface area contributed by atoms with E-state index in [2.05, 4.69) is 16.0 Å². The lowest BCUT2D eigenvalue weighted by Gasteiger charge is -2.11. The molecule has 0 saturated carbocycles. The van der Waals surface area contributed by atoms with Gasteiger partial charge in [-0.2, -0.15) is 5.26 Å². The fourth-order valence-electron chi connectivity index (χ4n) is 2.13. The van der Waals surface area contributed by atoms with E-state index in [0.29, 0.717) is 33.2 Å². The Balaban J connectivity index is 2.30. The Bertz CT molecular complexity index is 881. The summed E-state index contributed by atoms with van der Waals surface area (Å²) in [5.74, 6) is 0.777. The standard InChI is InChI=1S/C14H10ClN5O/c1-21-12-4-8(6-16)2-3-11(12)20-13-10(19-14(20)17)5-9(15)7-18-13/h2-5,7H,1H3,(H2,17,19). The molecule has 21 heavy (non-hydrogen) atoms. The third kappa shape index (κ3) is 2.14. The normalized spacial score (nSPS) is 10.5. The molecule has 0 fully saturated rings. The van der Waals surface area contributed by atoms with E-state index in [4.69, 9.17) is 27.3 Å². The van der Waals surface area contributed by atoms with Gasteiger partial charge in [-0.25, -0.2) is 9.97 Å². The average molecular weight is 300 g/mol. The first-order valence-electron chi connectivity index (χ1n) is 6.02. The highest BCUT2D eigenvalue weighted by Crippen LogP contribution is 2.30. The Morgan fingerprint density at radius 1 is 1.38 bits per heavy atom. The molecule has 3 rings (SSSR count). The number of pyridine rings is 1. The third-order valence-electron chi connectivity index (χ3n) is 3.04. The molecule has 2 heterocycles. The van der Waals surface area contributed by atoms with Crippen LogP contribution in [0.1, 0.15) is 5.56 Å². The number of rotatable bonds is 2. The van der Waals surface area contributed by atoms with Crippen LogP contribution in [0.25, 0.3) is 16.9 Å². The molecule has 0 atom stereocenters. The highest BCUT2D eigenvalue weighted by atomic mass is 35.5. The Morgan fingerprint density at radius 3 is 2.90 bits per heavy atom. The number of nitrogens with zero attached hydrogens (tertiary/aromatic N) is 4. The number of nitriles is 1. The number of imidazole rings is 1. The number of aromatic nitrogens is 3. The van der Waals surface area contributed by atoms with Crippen LogP contribution < -0.4 is 10.5 Å². The molecule has 0 unspecified atom stereocenters. The summed E-state index contributed by atoms with van der Waals surface area (Å²) in [4.78, 5) is 8.51. The summed E-state index contributed by atoms with van der Waals surface area (Å²) < 4.78 is 6.99. The van der Waals surface area contributed by atoms with Crippen molar-refractivity contribution in [2.24, 2.45) is 0 Å². The molecule has 3 aromatic rings. The first-order chi connectivity index (χ1) is 10.1. The molecule has 0 aliphatic carbocycles. The summed E-state index contributed by atoms with van der Waals surface area (Å²) in [5, 5.41) is 9.44. The van der Waals surface area contributed by atoms with Crippen molar-refractivity contribution >= 4 is 28.7 Å². The van der Waals surface area contributed by atoms with Crippen LogP contribution in [-0.2, 0) is 0 Å². The minimum Gasteiger partial charge on any atom is -0.495 e. The molecule has 104 valence electrons. The molecule has 0 amide bonds. The zero-order valence-corrected chi connectivity index (χ0v) is 11.8. The van der Waals surface area contributed by atoms with Crippen molar-refractivity contribution in [1.29, 1.82) is 5.26 Å².